The molecule has 0 aliphatic rings. The van der Waals surface area contributed by atoms with Crippen LogP contribution in [0.25, 0.3) is 0 Å². The average molecular weight is 253 g/mol. The summed E-state index contributed by atoms with van der Waals surface area (Å²) in [6, 6.07) is 3.77. The number of aromatic nitrogens is 3. The van der Waals surface area contributed by atoms with Gasteiger partial charge in [0, 0.05) is 12.4 Å². The standard InChI is InChI=1S/C9H9BrN4/c10-8-4-13-14(6-8)5-7-1-2-12-9(11)3-7/h1-4,6H,5H2,(H2,11,12). The minimum absolute atomic E-state index is 0.536. The first kappa shape index (κ1) is 9.21. The number of pyridine rings is 1. The number of halogens is 1. The highest BCUT2D eigenvalue weighted by Gasteiger charge is 1.97. The van der Waals surface area contributed by atoms with E-state index in [4.69, 9.17) is 5.73 Å². The van der Waals surface area contributed by atoms with Gasteiger partial charge in [-0.25, -0.2) is 4.98 Å². The van der Waals surface area contributed by atoms with Crippen LogP contribution in [-0.2, 0) is 6.54 Å². The topological polar surface area (TPSA) is 56.7 Å². The zero-order valence-corrected chi connectivity index (χ0v) is 8.98. The predicted octanol–water partition coefficient (Wildman–Crippen LogP) is 1.67. The van der Waals surface area contributed by atoms with E-state index in [1.54, 1.807) is 12.4 Å². The van der Waals surface area contributed by atoms with Gasteiger partial charge in [-0.2, -0.15) is 5.10 Å². The Hall–Kier alpha value is -1.36. The predicted molar refractivity (Wildman–Crippen MR) is 57.7 cm³/mol. The Labute approximate surface area is 89.9 Å². The lowest BCUT2D eigenvalue weighted by atomic mass is 10.2. The lowest BCUT2D eigenvalue weighted by Gasteiger charge is -2.01. The van der Waals surface area contributed by atoms with Gasteiger partial charge in [-0.05, 0) is 33.6 Å². The third-order valence-corrected chi connectivity index (χ3v) is 2.20. The molecular weight excluding hydrogens is 244 g/mol. The number of anilines is 1. The maximum Gasteiger partial charge on any atom is 0.123 e. The van der Waals surface area contributed by atoms with E-state index in [1.807, 2.05) is 23.0 Å². The van der Waals surface area contributed by atoms with Crippen LogP contribution in [0.5, 0.6) is 0 Å². The van der Waals surface area contributed by atoms with Crippen molar-refractivity contribution in [3.8, 4) is 0 Å². The van der Waals surface area contributed by atoms with Gasteiger partial charge in [0.05, 0.1) is 17.2 Å². The Morgan fingerprint density at radius 3 is 3.00 bits per heavy atom. The first-order valence-corrected chi connectivity index (χ1v) is 4.92. The number of nitrogen functional groups attached to an aromatic ring is 1. The summed E-state index contributed by atoms with van der Waals surface area (Å²) >= 11 is 3.34. The highest BCUT2D eigenvalue weighted by atomic mass is 79.9. The zero-order valence-electron chi connectivity index (χ0n) is 7.39. The molecule has 2 aromatic heterocycles. The first-order valence-electron chi connectivity index (χ1n) is 4.12. The van der Waals surface area contributed by atoms with E-state index in [0.717, 1.165) is 10.0 Å². The molecule has 5 heteroatoms. The lowest BCUT2D eigenvalue weighted by molar-refractivity contribution is 0.686. The lowest BCUT2D eigenvalue weighted by Crippen LogP contribution is -2.01. The second kappa shape index (κ2) is 3.79. The van der Waals surface area contributed by atoms with Gasteiger partial charge < -0.3 is 5.73 Å². The number of hydrogen-bond acceptors (Lipinski definition) is 3. The molecule has 72 valence electrons. The van der Waals surface area contributed by atoms with Crippen molar-refractivity contribution in [2.45, 2.75) is 6.54 Å². The van der Waals surface area contributed by atoms with E-state index < -0.39 is 0 Å². The molecule has 0 unspecified atom stereocenters. The summed E-state index contributed by atoms with van der Waals surface area (Å²) in [6.45, 7) is 0.707. The fraction of sp³-hybridized carbons (Fsp3) is 0.111. The van der Waals surface area contributed by atoms with Crippen molar-refractivity contribution in [2.75, 3.05) is 5.73 Å². The Morgan fingerprint density at radius 1 is 1.50 bits per heavy atom. The Bertz CT molecular complexity index is 438. The molecule has 2 rings (SSSR count). The van der Waals surface area contributed by atoms with Gasteiger partial charge >= 0.3 is 0 Å². The Balaban J connectivity index is 2.18. The van der Waals surface area contributed by atoms with E-state index in [0.29, 0.717) is 12.4 Å². The van der Waals surface area contributed by atoms with Crippen molar-refractivity contribution < 1.29 is 0 Å². The molecule has 0 spiro atoms. The van der Waals surface area contributed by atoms with Gasteiger partial charge in [0.2, 0.25) is 0 Å². The summed E-state index contributed by atoms with van der Waals surface area (Å²) in [5.74, 6) is 0.536. The molecule has 0 fully saturated rings. The van der Waals surface area contributed by atoms with Crippen molar-refractivity contribution in [1.29, 1.82) is 0 Å². The Morgan fingerprint density at radius 2 is 2.36 bits per heavy atom. The van der Waals surface area contributed by atoms with E-state index in [1.165, 1.54) is 0 Å². The summed E-state index contributed by atoms with van der Waals surface area (Å²) < 4.78 is 2.80. The second-order valence-corrected chi connectivity index (χ2v) is 3.86. The second-order valence-electron chi connectivity index (χ2n) is 2.95. The number of rotatable bonds is 2. The summed E-state index contributed by atoms with van der Waals surface area (Å²) in [5, 5.41) is 4.15. The van der Waals surface area contributed by atoms with Gasteiger partial charge in [-0.3, -0.25) is 4.68 Å². The van der Waals surface area contributed by atoms with Crippen molar-refractivity contribution in [2.24, 2.45) is 0 Å². The van der Waals surface area contributed by atoms with Crippen molar-refractivity contribution in [1.82, 2.24) is 14.8 Å². The maximum atomic E-state index is 5.57. The molecule has 0 bridgehead atoms. The molecule has 2 heterocycles. The zero-order chi connectivity index (χ0) is 9.97. The highest BCUT2D eigenvalue weighted by molar-refractivity contribution is 9.10. The maximum absolute atomic E-state index is 5.57. The quantitative estimate of drug-likeness (QED) is 0.885. The van der Waals surface area contributed by atoms with Crippen LogP contribution in [0, 0.1) is 0 Å². The van der Waals surface area contributed by atoms with Gasteiger partial charge in [0.1, 0.15) is 5.82 Å². The van der Waals surface area contributed by atoms with Crippen LogP contribution in [0.4, 0.5) is 5.82 Å². The molecule has 0 saturated heterocycles. The normalized spacial score (nSPS) is 10.4. The molecule has 2 aromatic rings. The smallest absolute Gasteiger partial charge is 0.123 e. The van der Waals surface area contributed by atoms with Crippen LogP contribution in [0.15, 0.2) is 35.2 Å². The van der Waals surface area contributed by atoms with Crippen LogP contribution in [-0.4, -0.2) is 14.8 Å². The molecular formula is C9H9BrN4. The monoisotopic (exact) mass is 252 g/mol. The Kier molecular flexibility index (Phi) is 2.49. The van der Waals surface area contributed by atoms with Crippen LogP contribution in [0.2, 0.25) is 0 Å². The van der Waals surface area contributed by atoms with Crippen LogP contribution < -0.4 is 5.73 Å². The number of nitrogens with zero attached hydrogens (tertiary/aromatic N) is 3. The summed E-state index contributed by atoms with van der Waals surface area (Å²) in [7, 11) is 0. The van der Waals surface area contributed by atoms with E-state index >= 15 is 0 Å². The van der Waals surface area contributed by atoms with E-state index in [2.05, 4.69) is 26.0 Å². The molecule has 0 saturated carbocycles. The summed E-state index contributed by atoms with van der Waals surface area (Å²) in [5.41, 5.74) is 6.66. The van der Waals surface area contributed by atoms with E-state index in [-0.39, 0.29) is 0 Å². The van der Waals surface area contributed by atoms with Gasteiger partial charge in [-0.1, -0.05) is 0 Å². The van der Waals surface area contributed by atoms with Crippen molar-refractivity contribution >= 4 is 21.7 Å². The minimum atomic E-state index is 0.536. The largest absolute Gasteiger partial charge is 0.384 e. The molecule has 0 radical (unpaired) electrons. The minimum Gasteiger partial charge on any atom is -0.384 e. The van der Waals surface area contributed by atoms with E-state index in [9.17, 15) is 0 Å². The van der Waals surface area contributed by atoms with Crippen LogP contribution in [0.1, 0.15) is 5.56 Å². The van der Waals surface area contributed by atoms with Gasteiger partial charge in [0.25, 0.3) is 0 Å². The third kappa shape index (κ3) is 2.11. The van der Waals surface area contributed by atoms with Crippen LogP contribution in [0.3, 0.4) is 0 Å². The molecule has 0 aromatic carbocycles. The fourth-order valence-electron chi connectivity index (χ4n) is 1.20. The molecule has 14 heavy (non-hydrogen) atoms. The average Bonchev–Trinajstić information content (AvgIpc) is 2.51. The van der Waals surface area contributed by atoms with Crippen molar-refractivity contribution in [3.05, 3.63) is 40.8 Å². The molecule has 2 N–H and O–H groups in total. The molecule has 0 atom stereocenters. The fourth-order valence-corrected chi connectivity index (χ4v) is 1.53. The summed E-state index contributed by atoms with van der Waals surface area (Å²) in [6.07, 6.45) is 5.37. The van der Waals surface area contributed by atoms with Gasteiger partial charge in [0.15, 0.2) is 0 Å². The van der Waals surface area contributed by atoms with Gasteiger partial charge in [-0.15, -0.1) is 0 Å². The molecule has 0 aliphatic heterocycles. The number of nitrogens with two attached hydrogens (primary N) is 1. The molecule has 0 aliphatic carbocycles. The highest BCUT2D eigenvalue weighted by Crippen LogP contribution is 2.09. The van der Waals surface area contributed by atoms with Crippen LogP contribution >= 0.6 is 15.9 Å². The SMILES string of the molecule is Nc1cc(Cn2cc(Br)cn2)ccn1. The van der Waals surface area contributed by atoms with Crippen molar-refractivity contribution in [3.63, 3.8) is 0 Å². The first-order chi connectivity index (χ1) is 6.74. The molecule has 0 amide bonds. The number of hydrogen-bond donors (Lipinski definition) is 1. The summed E-state index contributed by atoms with van der Waals surface area (Å²) in [4.78, 5) is 3.93. The molecule has 4 nitrogen and oxygen atoms in total. The third-order valence-electron chi connectivity index (χ3n) is 1.79.